The summed E-state index contributed by atoms with van der Waals surface area (Å²) >= 11 is 0. The highest BCUT2D eigenvalue weighted by molar-refractivity contribution is 14.0. The number of likely N-dealkylation sites (tertiary alicyclic amines) is 1. The summed E-state index contributed by atoms with van der Waals surface area (Å²) in [4.78, 5) is 7.01. The minimum atomic E-state index is 0. The molecule has 2 aliphatic rings. The molecule has 24 heavy (non-hydrogen) atoms. The van der Waals surface area contributed by atoms with Gasteiger partial charge in [-0.25, -0.2) is 0 Å². The third-order valence-electron chi connectivity index (χ3n) is 4.72. The van der Waals surface area contributed by atoms with Crippen molar-refractivity contribution in [3.63, 3.8) is 0 Å². The summed E-state index contributed by atoms with van der Waals surface area (Å²) in [7, 11) is 0. The number of nitrogens with two attached hydrogens (primary N) is 1. The van der Waals surface area contributed by atoms with Crippen LogP contribution in [0.25, 0.3) is 0 Å². The quantitative estimate of drug-likeness (QED) is 0.426. The first-order valence-corrected chi connectivity index (χ1v) is 8.73. The van der Waals surface area contributed by atoms with Gasteiger partial charge in [-0.05, 0) is 31.4 Å². The molecule has 134 valence electrons. The number of benzene rings is 1. The van der Waals surface area contributed by atoms with E-state index >= 15 is 0 Å². The molecule has 2 heterocycles. The summed E-state index contributed by atoms with van der Waals surface area (Å²) < 4.78 is 5.68. The van der Waals surface area contributed by atoms with Crippen molar-refractivity contribution in [3.05, 3.63) is 29.8 Å². The normalized spacial score (nSPS) is 24.5. The summed E-state index contributed by atoms with van der Waals surface area (Å²) in [5, 5.41) is 3.35. The highest BCUT2D eigenvalue weighted by Crippen LogP contribution is 2.31. The van der Waals surface area contributed by atoms with Gasteiger partial charge in [-0.1, -0.05) is 25.1 Å². The van der Waals surface area contributed by atoms with Gasteiger partial charge in [0, 0.05) is 25.1 Å². The smallest absolute Gasteiger partial charge is 0.189 e. The van der Waals surface area contributed by atoms with Crippen LogP contribution in [0.4, 0.5) is 0 Å². The average molecular weight is 444 g/mol. The number of hydrogen-bond donors (Lipinski definition) is 2. The van der Waals surface area contributed by atoms with Crippen LogP contribution < -0.4 is 15.8 Å². The maximum Gasteiger partial charge on any atom is 0.189 e. The molecule has 0 saturated carbocycles. The van der Waals surface area contributed by atoms with E-state index in [0.29, 0.717) is 12.6 Å². The Balaban J connectivity index is 0.00000208. The first kappa shape index (κ1) is 19.3. The summed E-state index contributed by atoms with van der Waals surface area (Å²) in [5.41, 5.74) is 7.25. The monoisotopic (exact) mass is 444 g/mol. The fraction of sp³-hybridized carbons (Fsp3) is 0.611. The molecular weight excluding hydrogens is 415 g/mol. The molecular formula is C18H29IN4O. The molecule has 6 heteroatoms. The third kappa shape index (κ3) is 5.24. The average Bonchev–Trinajstić information content (AvgIpc) is 2.55. The van der Waals surface area contributed by atoms with Crippen LogP contribution in [-0.2, 0) is 0 Å². The molecule has 0 amide bonds. The molecule has 0 spiro atoms. The van der Waals surface area contributed by atoms with Crippen LogP contribution >= 0.6 is 24.0 Å². The third-order valence-corrected chi connectivity index (χ3v) is 4.72. The largest absolute Gasteiger partial charge is 0.493 e. The summed E-state index contributed by atoms with van der Waals surface area (Å²) in [6.45, 7) is 7.19. The SMILES string of the molecule is CC1CCCN(CCN=C(N)NC2CCOc3ccccc32)C1.I. The number of guanidine groups is 1. The Morgan fingerprint density at radius 3 is 3.04 bits per heavy atom. The van der Waals surface area contributed by atoms with Crippen LogP contribution in [0.1, 0.15) is 37.8 Å². The lowest BCUT2D eigenvalue weighted by Gasteiger charge is -2.30. The second-order valence-electron chi connectivity index (χ2n) is 6.69. The van der Waals surface area contributed by atoms with Gasteiger partial charge >= 0.3 is 0 Å². The molecule has 5 nitrogen and oxygen atoms in total. The molecule has 0 radical (unpaired) electrons. The van der Waals surface area contributed by atoms with E-state index in [9.17, 15) is 0 Å². The molecule has 2 aliphatic heterocycles. The van der Waals surface area contributed by atoms with Crippen molar-refractivity contribution in [3.8, 4) is 5.75 Å². The summed E-state index contributed by atoms with van der Waals surface area (Å²) in [5.74, 6) is 2.30. The number of nitrogens with zero attached hydrogens (tertiary/aromatic N) is 2. The maximum atomic E-state index is 6.08. The van der Waals surface area contributed by atoms with Gasteiger partial charge in [0.15, 0.2) is 5.96 Å². The summed E-state index contributed by atoms with van der Waals surface area (Å²) in [6.07, 6.45) is 3.57. The van der Waals surface area contributed by atoms with Crippen molar-refractivity contribution in [1.29, 1.82) is 0 Å². The van der Waals surface area contributed by atoms with Crippen LogP contribution in [0.5, 0.6) is 5.75 Å². The van der Waals surface area contributed by atoms with E-state index in [1.54, 1.807) is 0 Å². The fourth-order valence-corrected chi connectivity index (χ4v) is 3.52. The highest BCUT2D eigenvalue weighted by Gasteiger charge is 2.21. The van der Waals surface area contributed by atoms with Crippen LogP contribution in [-0.4, -0.2) is 43.6 Å². The molecule has 2 atom stereocenters. The number of halogens is 1. The molecule has 0 aromatic heterocycles. The van der Waals surface area contributed by atoms with Gasteiger partial charge < -0.3 is 20.7 Å². The Labute approximate surface area is 162 Å². The van der Waals surface area contributed by atoms with E-state index in [-0.39, 0.29) is 30.0 Å². The number of ether oxygens (including phenoxy) is 1. The van der Waals surface area contributed by atoms with Crippen molar-refractivity contribution in [2.24, 2.45) is 16.6 Å². The zero-order valence-corrected chi connectivity index (χ0v) is 16.7. The van der Waals surface area contributed by atoms with E-state index in [0.717, 1.165) is 31.2 Å². The zero-order valence-electron chi connectivity index (χ0n) is 14.4. The minimum Gasteiger partial charge on any atom is -0.493 e. The number of fused-ring (bicyclic) bond motifs is 1. The lowest BCUT2D eigenvalue weighted by atomic mass is 10.0. The number of hydrogen-bond acceptors (Lipinski definition) is 3. The number of nitrogens with one attached hydrogen (secondary N) is 1. The Morgan fingerprint density at radius 2 is 2.21 bits per heavy atom. The molecule has 0 aliphatic carbocycles. The molecule has 1 aromatic rings. The standard InChI is InChI=1S/C18H28N4O.HI/c1-14-5-4-10-22(13-14)11-9-20-18(19)21-16-8-12-23-17-7-3-2-6-15(16)17;/h2-3,6-7,14,16H,4-5,8-13H2,1H3,(H3,19,20,21);1H. The Bertz CT molecular complexity index is 552. The lowest BCUT2D eigenvalue weighted by Crippen LogP contribution is -2.39. The van der Waals surface area contributed by atoms with Gasteiger partial charge in [-0.3, -0.25) is 4.99 Å². The summed E-state index contributed by atoms with van der Waals surface area (Å²) in [6, 6.07) is 8.33. The predicted octanol–water partition coefficient (Wildman–Crippen LogP) is 2.76. The van der Waals surface area contributed by atoms with Gasteiger partial charge in [-0.2, -0.15) is 0 Å². The minimum absolute atomic E-state index is 0. The van der Waals surface area contributed by atoms with E-state index in [1.807, 2.05) is 18.2 Å². The zero-order chi connectivity index (χ0) is 16.1. The van der Waals surface area contributed by atoms with Crippen LogP contribution in [0.2, 0.25) is 0 Å². The molecule has 1 fully saturated rings. The molecule has 2 unspecified atom stereocenters. The second kappa shape index (κ2) is 9.46. The van der Waals surface area contributed by atoms with Gasteiger partial charge in [0.05, 0.1) is 19.2 Å². The molecule has 3 rings (SSSR count). The predicted molar refractivity (Wildman–Crippen MR) is 109 cm³/mol. The first-order chi connectivity index (χ1) is 11.2. The van der Waals surface area contributed by atoms with Crippen molar-refractivity contribution in [2.75, 3.05) is 32.8 Å². The van der Waals surface area contributed by atoms with E-state index < -0.39 is 0 Å². The Kier molecular flexibility index (Phi) is 7.61. The number of rotatable bonds is 4. The van der Waals surface area contributed by atoms with Gasteiger partial charge in [0.1, 0.15) is 5.75 Å². The number of aliphatic imine (C=N–C) groups is 1. The van der Waals surface area contributed by atoms with Crippen LogP contribution in [0, 0.1) is 5.92 Å². The van der Waals surface area contributed by atoms with E-state index in [4.69, 9.17) is 10.5 Å². The van der Waals surface area contributed by atoms with Gasteiger partial charge in [-0.15, -0.1) is 24.0 Å². The topological polar surface area (TPSA) is 62.9 Å². The van der Waals surface area contributed by atoms with Gasteiger partial charge in [0.25, 0.3) is 0 Å². The van der Waals surface area contributed by atoms with Crippen LogP contribution in [0.3, 0.4) is 0 Å². The molecule has 1 saturated heterocycles. The molecule has 1 aromatic carbocycles. The second-order valence-corrected chi connectivity index (χ2v) is 6.69. The fourth-order valence-electron chi connectivity index (χ4n) is 3.52. The van der Waals surface area contributed by atoms with Gasteiger partial charge in [0.2, 0.25) is 0 Å². The van der Waals surface area contributed by atoms with Crippen molar-refractivity contribution in [2.45, 2.75) is 32.2 Å². The van der Waals surface area contributed by atoms with Crippen molar-refractivity contribution < 1.29 is 4.74 Å². The maximum absolute atomic E-state index is 6.08. The van der Waals surface area contributed by atoms with Crippen LogP contribution in [0.15, 0.2) is 29.3 Å². The Morgan fingerprint density at radius 1 is 1.38 bits per heavy atom. The Hall–Kier alpha value is -1.02. The first-order valence-electron chi connectivity index (χ1n) is 8.73. The lowest BCUT2D eigenvalue weighted by molar-refractivity contribution is 0.189. The highest BCUT2D eigenvalue weighted by atomic mass is 127. The van der Waals surface area contributed by atoms with E-state index in [1.165, 1.54) is 31.5 Å². The number of para-hydroxylation sites is 1. The molecule has 0 bridgehead atoms. The molecule has 3 N–H and O–H groups in total. The number of piperidine rings is 1. The van der Waals surface area contributed by atoms with E-state index in [2.05, 4.69) is 28.2 Å². The van der Waals surface area contributed by atoms with Crippen molar-refractivity contribution >= 4 is 29.9 Å². The van der Waals surface area contributed by atoms with Crippen molar-refractivity contribution in [1.82, 2.24) is 10.2 Å².